The van der Waals surface area contributed by atoms with Crippen molar-refractivity contribution in [3.63, 3.8) is 0 Å². The highest BCUT2D eigenvalue weighted by Gasteiger charge is 2.34. The predicted molar refractivity (Wildman–Crippen MR) is 61.3 cm³/mol. The summed E-state index contributed by atoms with van der Waals surface area (Å²) in [6, 6.07) is -0.387. The largest absolute Gasteiger partial charge is 0.464 e. The molecular formula is C11H18ClNO3. The topological polar surface area (TPSA) is 46.6 Å². The van der Waals surface area contributed by atoms with E-state index in [4.69, 9.17) is 16.3 Å². The van der Waals surface area contributed by atoms with E-state index in [1.807, 2.05) is 6.92 Å². The lowest BCUT2D eigenvalue weighted by Gasteiger charge is -2.22. The van der Waals surface area contributed by atoms with E-state index in [0.717, 1.165) is 12.8 Å². The average Bonchev–Trinajstić information content (AvgIpc) is 2.75. The Bertz CT molecular complexity index is 258. The summed E-state index contributed by atoms with van der Waals surface area (Å²) in [6.07, 6.45) is 2.66. The molecule has 1 aliphatic heterocycles. The van der Waals surface area contributed by atoms with Gasteiger partial charge in [0.2, 0.25) is 5.91 Å². The lowest BCUT2D eigenvalue weighted by atomic mass is 10.2. The summed E-state index contributed by atoms with van der Waals surface area (Å²) in [5, 5.41) is 0. The first-order chi connectivity index (χ1) is 7.70. The van der Waals surface area contributed by atoms with E-state index >= 15 is 0 Å². The van der Waals surface area contributed by atoms with E-state index in [1.165, 1.54) is 0 Å². The van der Waals surface area contributed by atoms with E-state index in [0.29, 0.717) is 31.9 Å². The molecule has 1 heterocycles. The minimum atomic E-state index is -0.387. The fourth-order valence-electron chi connectivity index (χ4n) is 1.83. The average molecular weight is 248 g/mol. The quantitative estimate of drug-likeness (QED) is 0.547. The van der Waals surface area contributed by atoms with Gasteiger partial charge in [-0.1, -0.05) is 6.92 Å². The maximum atomic E-state index is 11.7. The number of halogens is 1. The minimum Gasteiger partial charge on any atom is -0.464 e. The second-order valence-electron chi connectivity index (χ2n) is 3.85. The van der Waals surface area contributed by atoms with Crippen molar-refractivity contribution in [2.75, 3.05) is 19.0 Å². The minimum absolute atomic E-state index is 0.0500. The summed E-state index contributed by atoms with van der Waals surface area (Å²) in [7, 11) is 0. The van der Waals surface area contributed by atoms with Crippen molar-refractivity contribution in [2.45, 2.75) is 38.6 Å². The van der Waals surface area contributed by atoms with Crippen LogP contribution in [0.25, 0.3) is 0 Å². The highest BCUT2D eigenvalue weighted by molar-refractivity contribution is 6.18. The van der Waals surface area contributed by atoms with Crippen LogP contribution < -0.4 is 0 Å². The molecule has 5 heteroatoms. The Labute approximate surface area is 101 Å². The van der Waals surface area contributed by atoms with E-state index in [2.05, 4.69) is 0 Å². The van der Waals surface area contributed by atoms with Crippen LogP contribution in [0.4, 0.5) is 0 Å². The van der Waals surface area contributed by atoms with E-state index in [-0.39, 0.29) is 17.9 Å². The number of hydrogen-bond acceptors (Lipinski definition) is 3. The Balaban J connectivity index is 2.51. The van der Waals surface area contributed by atoms with Gasteiger partial charge in [0.05, 0.1) is 6.61 Å². The molecule has 92 valence electrons. The lowest BCUT2D eigenvalue weighted by molar-refractivity contribution is -0.153. The molecule has 1 amide bonds. The third-order valence-electron chi connectivity index (χ3n) is 2.60. The number of nitrogens with zero attached hydrogens (tertiary/aromatic N) is 1. The van der Waals surface area contributed by atoms with Gasteiger partial charge in [-0.05, 0) is 19.3 Å². The normalized spacial score (nSPS) is 19.9. The monoisotopic (exact) mass is 247 g/mol. The summed E-state index contributed by atoms with van der Waals surface area (Å²) in [6.45, 7) is 3.01. The molecule has 1 saturated heterocycles. The number of ether oxygens (including phenoxy) is 1. The molecule has 1 atom stereocenters. The van der Waals surface area contributed by atoms with Crippen molar-refractivity contribution in [1.82, 2.24) is 4.90 Å². The van der Waals surface area contributed by atoms with Crippen molar-refractivity contribution in [1.29, 1.82) is 0 Å². The van der Waals surface area contributed by atoms with Crippen molar-refractivity contribution in [3.05, 3.63) is 0 Å². The van der Waals surface area contributed by atoms with Crippen molar-refractivity contribution >= 4 is 23.5 Å². The van der Waals surface area contributed by atoms with Gasteiger partial charge in [-0.2, -0.15) is 0 Å². The maximum Gasteiger partial charge on any atom is 0.328 e. The highest BCUT2D eigenvalue weighted by Crippen LogP contribution is 2.19. The fourth-order valence-corrected chi connectivity index (χ4v) is 2.00. The SMILES string of the molecule is CCCOC(=O)C1CCCN1C(=O)CCCl. The number of carbonyl (C=O) groups is 2. The van der Waals surface area contributed by atoms with Crippen molar-refractivity contribution in [3.8, 4) is 0 Å². The standard InChI is InChI=1S/C11H18ClNO3/c1-2-8-16-11(15)9-4-3-7-13(9)10(14)5-6-12/h9H,2-8H2,1H3. The number of esters is 1. The number of carbonyl (C=O) groups excluding carboxylic acids is 2. The summed E-state index contributed by atoms with van der Waals surface area (Å²) in [5.74, 6) is -0.0280. The Morgan fingerprint density at radius 1 is 1.50 bits per heavy atom. The molecule has 0 saturated carbocycles. The Morgan fingerprint density at radius 2 is 2.25 bits per heavy atom. The van der Waals surface area contributed by atoms with E-state index in [9.17, 15) is 9.59 Å². The number of amides is 1. The molecular weight excluding hydrogens is 230 g/mol. The van der Waals surface area contributed by atoms with Gasteiger partial charge in [0, 0.05) is 18.8 Å². The fraction of sp³-hybridized carbons (Fsp3) is 0.818. The summed E-state index contributed by atoms with van der Waals surface area (Å²) in [4.78, 5) is 24.9. The second kappa shape index (κ2) is 6.74. The van der Waals surface area contributed by atoms with Crippen LogP contribution in [0.1, 0.15) is 32.6 Å². The zero-order valence-electron chi connectivity index (χ0n) is 9.58. The van der Waals surface area contributed by atoms with Crippen LogP contribution in [0.2, 0.25) is 0 Å². The van der Waals surface area contributed by atoms with Gasteiger partial charge >= 0.3 is 5.97 Å². The Morgan fingerprint density at radius 3 is 2.88 bits per heavy atom. The van der Waals surface area contributed by atoms with E-state index in [1.54, 1.807) is 4.90 Å². The third-order valence-corrected chi connectivity index (χ3v) is 2.79. The maximum absolute atomic E-state index is 11.7. The van der Waals surface area contributed by atoms with Gasteiger partial charge in [0.1, 0.15) is 6.04 Å². The lowest BCUT2D eigenvalue weighted by Crippen LogP contribution is -2.41. The smallest absolute Gasteiger partial charge is 0.328 e. The van der Waals surface area contributed by atoms with Crippen LogP contribution >= 0.6 is 11.6 Å². The Kier molecular flexibility index (Phi) is 5.60. The molecule has 0 aromatic heterocycles. The summed E-state index contributed by atoms with van der Waals surface area (Å²) >= 11 is 5.52. The molecule has 4 nitrogen and oxygen atoms in total. The number of alkyl halides is 1. The summed E-state index contributed by atoms with van der Waals surface area (Å²) in [5.41, 5.74) is 0. The number of rotatable bonds is 5. The van der Waals surface area contributed by atoms with Crippen molar-refractivity contribution in [2.24, 2.45) is 0 Å². The highest BCUT2D eigenvalue weighted by atomic mass is 35.5. The molecule has 0 aliphatic carbocycles. The van der Waals surface area contributed by atoms with Crippen LogP contribution in [0, 0.1) is 0 Å². The van der Waals surface area contributed by atoms with Gasteiger partial charge < -0.3 is 9.64 Å². The zero-order valence-corrected chi connectivity index (χ0v) is 10.3. The first kappa shape index (κ1) is 13.3. The predicted octanol–water partition coefficient (Wildman–Crippen LogP) is 1.56. The van der Waals surface area contributed by atoms with E-state index < -0.39 is 0 Å². The molecule has 0 aromatic rings. The Hall–Kier alpha value is -0.770. The molecule has 1 unspecified atom stereocenters. The molecule has 0 radical (unpaired) electrons. The van der Waals surface area contributed by atoms with Crippen LogP contribution in [0.3, 0.4) is 0 Å². The van der Waals surface area contributed by atoms with Crippen LogP contribution in [0.5, 0.6) is 0 Å². The number of likely N-dealkylation sites (tertiary alicyclic amines) is 1. The van der Waals surface area contributed by atoms with Gasteiger partial charge in [0.15, 0.2) is 0 Å². The molecule has 0 spiro atoms. The molecule has 1 aliphatic rings. The van der Waals surface area contributed by atoms with Crippen LogP contribution in [-0.2, 0) is 14.3 Å². The second-order valence-corrected chi connectivity index (χ2v) is 4.23. The molecule has 1 fully saturated rings. The number of hydrogen-bond donors (Lipinski definition) is 0. The van der Waals surface area contributed by atoms with Gasteiger partial charge in [-0.25, -0.2) is 4.79 Å². The molecule has 1 rings (SSSR count). The van der Waals surface area contributed by atoms with Gasteiger partial charge in [-0.15, -0.1) is 11.6 Å². The zero-order chi connectivity index (χ0) is 12.0. The van der Waals surface area contributed by atoms with Crippen LogP contribution in [-0.4, -0.2) is 41.8 Å². The van der Waals surface area contributed by atoms with Gasteiger partial charge in [-0.3, -0.25) is 4.79 Å². The third kappa shape index (κ3) is 3.37. The molecule has 0 aromatic carbocycles. The molecule has 0 N–H and O–H groups in total. The molecule has 0 bridgehead atoms. The first-order valence-corrected chi connectivity index (χ1v) is 6.26. The van der Waals surface area contributed by atoms with Gasteiger partial charge in [0.25, 0.3) is 0 Å². The first-order valence-electron chi connectivity index (χ1n) is 5.72. The summed E-state index contributed by atoms with van der Waals surface area (Å²) < 4.78 is 5.07. The van der Waals surface area contributed by atoms with Crippen LogP contribution in [0.15, 0.2) is 0 Å². The molecule has 16 heavy (non-hydrogen) atoms. The van der Waals surface area contributed by atoms with Crippen molar-refractivity contribution < 1.29 is 14.3 Å².